The summed E-state index contributed by atoms with van der Waals surface area (Å²) < 4.78 is 15.2. The summed E-state index contributed by atoms with van der Waals surface area (Å²) in [5.41, 5.74) is 6.50. The fraction of sp³-hybridized carbons (Fsp3) is 0.0741. The number of nitrogens with zero attached hydrogens (tertiary/aromatic N) is 3. The number of carbonyl (C=O) groups is 1. The zero-order valence-electron chi connectivity index (χ0n) is 18.2. The van der Waals surface area contributed by atoms with E-state index in [9.17, 15) is 9.18 Å². The van der Waals surface area contributed by atoms with Crippen LogP contribution in [0.25, 0.3) is 28.2 Å². The number of aromatic nitrogens is 3. The van der Waals surface area contributed by atoms with Gasteiger partial charge in [0.25, 0.3) is 5.91 Å². The van der Waals surface area contributed by atoms with Gasteiger partial charge < -0.3 is 5.32 Å². The summed E-state index contributed by atoms with van der Waals surface area (Å²) in [7, 11) is 0. The van der Waals surface area contributed by atoms with Gasteiger partial charge in [-0.3, -0.25) is 9.20 Å². The SMILES string of the molecule is Cc1ccc(-c2cccn3c(-c4ccccc4C)nnc23)cc1C(=O)Nc1ccc(F)cc1. The molecule has 2 aromatic heterocycles. The molecule has 2 heterocycles. The molecule has 0 atom stereocenters. The number of nitrogens with one attached hydrogen (secondary N) is 1. The van der Waals surface area contributed by atoms with Crippen LogP contribution in [0.3, 0.4) is 0 Å². The smallest absolute Gasteiger partial charge is 0.255 e. The number of aryl methyl sites for hydroxylation is 2. The minimum absolute atomic E-state index is 0.255. The fourth-order valence-corrected chi connectivity index (χ4v) is 3.91. The predicted octanol–water partition coefficient (Wildman–Crippen LogP) is 6.07. The Morgan fingerprint density at radius 1 is 0.848 bits per heavy atom. The second kappa shape index (κ2) is 8.31. The molecule has 0 radical (unpaired) electrons. The van der Waals surface area contributed by atoms with E-state index in [1.807, 2.05) is 79.0 Å². The van der Waals surface area contributed by atoms with Crippen LogP contribution in [-0.4, -0.2) is 20.5 Å². The normalized spacial score (nSPS) is 11.0. The summed E-state index contributed by atoms with van der Waals surface area (Å²) in [5.74, 6) is 0.166. The van der Waals surface area contributed by atoms with E-state index in [2.05, 4.69) is 15.5 Å². The molecule has 33 heavy (non-hydrogen) atoms. The first kappa shape index (κ1) is 20.6. The van der Waals surface area contributed by atoms with Crippen molar-refractivity contribution in [2.24, 2.45) is 0 Å². The van der Waals surface area contributed by atoms with Gasteiger partial charge in [-0.25, -0.2) is 4.39 Å². The van der Waals surface area contributed by atoms with Crippen LogP contribution in [0.4, 0.5) is 10.1 Å². The van der Waals surface area contributed by atoms with E-state index in [-0.39, 0.29) is 11.7 Å². The van der Waals surface area contributed by atoms with E-state index in [0.717, 1.165) is 33.6 Å². The Hall–Kier alpha value is -4.32. The molecule has 162 valence electrons. The number of anilines is 1. The summed E-state index contributed by atoms with van der Waals surface area (Å²) >= 11 is 0. The van der Waals surface area contributed by atoms with Gasteiger partial charge >= 0.3 is 0 Å². The first-order chi connectivity index (χ1) is 16.0. The van der Waals surface area contributed by atoms with E-state index < -0.39 is 0 Å². The van der Waals surface area contributed by atoms with E-state index in [0.29, 0.717) is 16.9 Å². The minimum atomic E-state index is -0.349. The van der Waals surface area contributed by atoms with E-state index in [1.165, 1.54) is 24.3 Å². The number of pyridine rings is 1. The average Bonchev–Trinajstić information content (AvgIpc) is 3.25. The molecule has 5 aromatic rings. The summed E-state index contributed by atoms with van der Waals surface area (Å²) in [4.78, 5) is 13.0. The molecule has 3 aromatic carbocycles. The van der Waals surface area contributed by atoms with Crippen molar-refractivity contribution in [2.75, 3.05) is 5.32 Å². The molecule has 1 N–H and O–H groups in total. The molecule has 0 saturated carbocycles. The summed E-state index contributed by atoms with van der Waals surface area (Å²) in [5, 5.41) is 11.8. The third-order valence-electron chi connectivity index (χ3n) is 5.72. The summed E-state index contributed by atoms with van der Waals surface area (Å²) in [6.07, 6.45) is 1.94. The molecule has 1 amide bonds. The van der Waals surface area contributed by atoms with Crippen LogP contribution in [0, 0.1) is 19.7 Å². The number of hydrogen-bond donors (Lipinski definition) is 1. The second-order valence-corrected chi connectivity index (χ2v) is 7.94. The number of amides is 1. The highest BCUT2D eigenvalue weighted by atomic mass is 19.1. The largest absolute Gasteiger partial charge is 0.322 e. The van der Waals surface area contributed by atoms with Crippen LogP contribution in [0.2, 0.25) is 0 Å². The molecule has 5 rings (SSSR count). The molecule has 0 aliphatic carbocycles. The molecule has 0 saturated heterocycles. The average molecular weight is 436 g/mol. The number of hydrogen-bond acceptors (Lipinski definition) is 3. The summed E-state index contributed by atoms with van der Waals surface area (Å²) in [6.45, 7) is 3.93. The van der Waals surface area contributed by atoms with Crippen molar-refractivity contribution >= 4 is 17.2 Å². The highest BCUT2D eigenvalue weighted by Crippen LogP contribution is 2.29. The van der Waals surface area contributed by atoms with Gasteiger partial charge in [0.05, 0.1) is 0 Å². The highest BCUT2D eigenvalue weighted by Gasteiger charge is 2.16. The lowest BCUT2D eigenvalue weighted by atomic mass is 9.99. The van der Waals surface area contributed by atoms with Crippen LogP contribution in [0.5, 0.6) is 0 Å². The Balaban J connectivity index is 1.55. The van der Waals surface area contributed by atoms with Gasteiger partial charge in [0.15, 0.2) is 11.5 Å². The van der Waals surface area contributed by atoms with Crippen molar-refractivity contribution in [3.05, 3.63) is 108 Å². The van der Waals surface area contributed by atoms with E-state index >= 15 is 0 Å². The van der Waals surface area contributed by atoms with Gasteiger partial charge in [0.1, 0.15) is 5.82 Å². The number of carbonyl (C=O) groups excluding carboxylic acids is 1. The standard InChI is InChI=1S/C27H21FN4O/c1-17-6-3-4-7-22(17)25-30-31-26-23(8-5-15-32(25)26)19-10-9-18(2)24(16-19)27(33)29-21-13-11-20(28)12-14-21/h3-16H,1-2H3,(H,29,33). The molecule has 0 unspecified atom stereocenters. The van der Waals surface area contributed by atoms with Crippen LogP contribution in [0.1, 0.15) is 21.5 Å². The van der Waals surface area contributed by atoms with Crippen LogP contribution in [0.15, 0.2) is 85.1 Å². The third-order valence-corrected chi connectivity index (χ3v) is 5.72. The Labute approximate surface area is 190 Å². The molecule has 5 nitrogen and oxygen atoms in total. The maximum absolute atomic E-state index is 13.2. The molecule has 6 heteroatoms. The third kappa shape index (κ3) is 3.87. The first-order valence-corrected chi connectivity index (χ1v) is 10.6. The molecule has 0 spiro atoms. The number of halogens is 1. The molecule has 0 bridgehead atoms. The lowest BCUT2D eigenvalue weighted by molar-refractivity contribution is 0.102. The first-order valence-electron chi connectivity index (χ1n) is 10.6. The van der Waals surface area contributed by atoms with Gasteiger partial charge in [0.2, 0.25) is 0 Å². The number of fused-ring (bicyclic) bond motifs is 1. The number of rotatable bonds is 4. The van der Waals surface area contributed by atoms with Crippen LogP contribution in [-0.2, 0) is 0 Å². The maximum Gasteiger partial charge on any atom is 0.255 e. The second-order valence-electron chi connectivity index (χ2n) is 7.94. The highest BCUT2D eigenvalue weighted by molar-refractivity contribution is 6.06. The molecule has 0 fully saturated rings. The van der Waals surface area contributed by atoms with Crippen molar-refractivity contribution in [3.63, 3.8) is 0 Å². The maximum atomic E-state index is 13.2. The molecular weight excluding hydrogens is 415 g/mol. The van der Waals surface area contributed by atoms with E-state index in [1.54, 1.807) is 0 Å². The zero-order valence-corrected chi connectivity index (χ0v) is 18.2. The van der Waals surface area contributed by atoms with Gasteiger partial charge in [0, 0.05) is 28.6 Å². The van der Waals surface area contributed by atoms with Gasteiger partial charge in [-0.15, -0.1) is 10.2 Å². The van der Waals surface area contributed by atoms with Gasteiger partial charge in [-0.2, -0.15) is 0 Å². The minimum Gasteiger partial charge on any atom is -0.322 e. The fourth-order valence-electron chi connectivity index (χ4n) is 3.91. The Kier molecular flexibility index (Phi) is 5.18. The van der Waals surface area contributed by atoms with Gasteiger partial charge in [-0.1, -0.05) is 36.4 Å². The van der Waals surface area contributed by atoms with Crippen molar-refractivity contribution < 1.29 is 9.18 Å². The zero-order chi connectivity index (χ0) is 22.9. The van der Waals surface area contributed by atoms with E-state index in [4.69, 9.17) is 0 Å². The molecule has 0 aliphatic heterocycles. The summed E-state index contributed by atoms with van der Waals surface area (Å²) in [6, 6.07) is 23.4. The Bertz CT molecular complexity index is 1490. The van der Waals surface area contributed by atoms with Crippen molar-refractivity contribution in [1.29, 1.82) is 0 Å². The van der Waals surface area contributed by atoms with Gasteiger partial charge in [-0.05, 0) is 73.0 Å². The molecule has 0 aliphatic rings. The van der Waals surface area contributed by atoms with Crippen LogP contribution >= 0.6 is 0 Å². The number of benzene rings is 3. The predicted molar refractivity (Wildman–Crippen MR) is 128 cm³/mol. The Morgan fingerprint density at radius 3 is 2.39 bits per heavy atom. The topological polar surface area (TPSA) is 59.3 Å². The van der Waals surface area contributed by atoms with Crippen LogP contribution < -0.4 is 5.32 Å². The van der Waals surface area contributed by atoms with Crippen molar-refractivity contribution in [3.8, 4) is 22.5 Å². The van der Waals surface area contributed by atoms with Crippen molar-refractivity contribution in [2.45, 2.75) is 13.8 Å². The lowest BCUT2D eigenvalue weighted by Crippen LogP contribution is -2.13. The quantitative estimate of drug-likeness (QED) is 0.372. The Morgan fingerprint density at radius 2 is 1.61 bits per heavy atom. The lowest BCUT2D eigenvalue weighted by Gasteiger charge is -2.11. The molecular formula is C27H21FN4O. The monoisotopic (exact) mass is 436 g/mol. The van der Waals surface area contributed by atoms with Crippen molar-refractivity contribution in [1.82, 2.24) is 14.6 Å².